The molecule has 2 fully saturated rings. The smallest absolute Gasteiger partial charge is 0.317 e. The number of carbonyl (C=O) groups is 2. The summed E-state index contributed by atoms with van der Waals surface area (Å²) in [5.74, 6) is 0.783. The van der Waals surface area contributed by atoms with Crippen LogP contribution in [0.1, 0.15) is 5.56 Å². The van der Waals surface area contributed by atoms with Gasteiger partial charge in [0.15, 0.2) is 0 Å². The highest BCUT2D eigenvalue weighted by Gasteiger charge is 2.36. The molecule has 1 atom stereocenters. The van der Waals surface area contributed by atoms with Gasteiger partial charge in [0.2, 0.25) is 5.91 Å². The Morgan fingerprint density at radius 1 is 1.39 bits per heavy atom. The summed E-state index contributed by atoms with van der Waals surface area (Å²) < 4.78 is 5.18. The molecule has 124 valence electrons. The Kier molecular flexibility index (Phi) is 4.66. The molecule has 0 radical (unpaired) electrons. The van der Waals surface area contributed by atoms with Crippen molar-refractivity contribution in [2.24, 2.45) is 0 Å². The number of hydrogen-bond donors (Lipinski definition) is 2. The Hall–Kier alpha value is -2.28. The first-order valence-electron chi connectivity index (χ1n) is 7.85. The monoisotopic (exact) mass is 318 g/mol. The molecule has 0 aliphatic carbocycles. The van der Waals surface area contributed by atoms with E-state index in [1.165, 1.54) is 0 Å². The second kappa shape index (κ2) is 6.87. The van der Waals surface area contributed by atoms with Crippen LogP contribution in [0.15, 0.2) is 24.3 Å². The summed E-state index contributed by atoms with van der Waals surface area (Å²) in [6.07, 6.45) is 0. The fourth-order valence-electron chi connectivity index (χ4n) is 3.03. The van der Waals surface area contributed by atoms with Crippen LogP contribution in [0.4, 0.5) is 4.79 Å². The third-order valence-corrected chi connectivity index (χ3v) is 4.36. The second-order valence-electron chi connectivity index (χ2n) is 5.80. The minimum Gasteiger partial charge on any atom is -0.497 e. The Bertz CT molecular complexity index is 592. The van der Waals surface area contributed by atoms with Crippen LogP contribution in [-0.2, 0) is 11.3 Å². The molecule has 0 aromatic heterocycles. The number of benzene rings is 1. The van der Waals surface area contributed by atoms with Gasteiger partial charge in [0.1, 0.15) is 11.8 Å². The van der Waals surface area contributed by atoms with Crippen LogP contribution in [0.3, 0.4) is 0 Å². The first-order chi connectivity index (χ1) is 11.2. The van der Waals surface area contributed by atoms with Crippen molar-refractivity contribution in [2.75, 3.05) is 39.8 Å². The van der Waals surface area contributed by atoms with Crippen molar-refractivity contribution in [3.8, 4) is 5.75 Å². The topological polar surface area (TPSA) is 73.9 Å². The van der Waals surface area contributed by atoms with E-state index in [1.807, 2.05) is 24.3 Å². The van der Waals surface area contributed by atoms with Crippen molar-refractivity contribution < 1.29 is 14.3 Å². The fourth-order valence-corrected chi connectivity index (χ4v) is 3.03. The third-order valence-electron chi connectivity index (χ3n) is 4.36. The van der Waals surface area contributed by atoms with Gasteiger partial charge in [0.25, 0.3) is 0 Å². The minimum atomic E-state index is -0.222. The van der Waals surface area contributed by atoms with Gasteiger partial charge in [-0.2, -0.15) is 0 Å². The Labute approximate surface area is 135 Å². The average Bonchev–Trinajstić information content (AvgIpc) is 2.60. The molecule has 2 N–H and O–H groups in total. The van der Waals surface area contributed by atoms with Crippen molar-refractivity contribution >= 4 is 11.9 Å². The van der Waals surface area contributed by atoms with Gasteiger partial charge in [-0.05, 0) is 17.7 Å². The molecule has 2 aliphatic rings. The average molecular weight is 318 g/mol. The molecule has 0 saturated carbocycles. The first-order valence-corrected chi connectivity index (χ1v) is 7.85. The van der Waals surface area contributed by atoms with E-state index in [0.717, 1.165) is 24.4 Å². The van der Waals surface area contributed by atoms with Crippen LogP contribution >= 0.6 is 0 Å². The predicted molar refractivity (Wildman–Crippen MR) is 85.2 cm³/mol. The molecular formula is C16H22N4O3. The van der Waals surface area contributed by atoms with E-state index in [9.17, 15) is 9.59 Å². The molecule has 23 heavy (non-hydrogen) atoms. The van der Waals surface area contributed by atoms with Crippen molar-refractivity contribution in [2.45, 2.75) is 12.6 Å². The summed E-state index contributed by atoms with van der Waals surface area (Å²) in [7, 11) is 1.62. The zero-order valence-electron chi connectivity index (χ0n) is 13.2. The number of carbonyl (C=O) groups excluding carboxylic acids is 2. The summed E-state index contributed by atoms with van der Waals surface area (Å²) in [5.41, 5.74) is 0.978. The van der Waals surface area contributed by atoms with Crippen molar-refractivity contribution in [1.29, 1.82) is 0 Å². The van der Waals surface area contributed by atoms with E-state index in [-0.39, 0.29) is 18.0 Å². The number of hydrogen-bond acceptors (Lipinski definition) is 4. The highest BCUT2D eigenvalue weighted by atomic mass is 16.5. The van der Waals surface area contributed by atoms with Gasteiger partial charge in [0, 0.05) is 39.3 Å². The van der Waals surface area contributed by atoms with E-state index in [0.29, 0.717) is 26.2 Å². The van der Waals surface area contributed by atoms with E-state index < -0.39 is 0 Å². The first kappa shape index (κ1) is 15.6. The van der Waals surface area contributed by atoms with E-state index in [4.69, 9.17) is 4.74 Å². The number of urea groups is 1. The zero-order chi connectivity index (χ0) is 16.2. The zero-order valence-corrected chi connectivity index (χ0v) is 13.2. The SMILES string of the molecule is COc1cccc(CNC(=O)N2CCN3CCNC(=O)[C@@H]3C2)c1. The normalized spacial score (nSPS) is 21.3. The Balaban J connectivity index is 1.55. The van der Waals surface area contributed by atoms with Gasteiger partial charge < -0.3 is 20.3 Å². The number of piperazine rings is 2. The van der Waals surface area contributed by atoms with Crippen LogP contribution in [0.25, 0.3) is 0 Å². The fraction of sp³-hybridized carbons (Fsp3) is 0.500. The molecule has 0 bridgehead atoms. The highest BCUT2D eigenvalue weighted by Crippen LogP contribution is 2.14. The van der Waals surface area contributed by atoms with Gasteiger partial charge in [-0.3, -0.25) is 9.69 Å². The van der Waals surface area contributed by atoms with Crippen LogP contribution in [-0.4, -0.2) is 67.6 Å². The number of rotatable bonds is 3. The molecule has 1 aromatic rings. The molecule has 0 spiro atoms. The van der Waals surface area contributed by atoms with Crippen LogP contribution in [0, 0.1) is 0 Å². The Morgan fingerprint density at radius 3 is 3.09 bits per heavy atom. The number of ether oxygens (including phenoxy) is 1. The van der Waals surface area contributed by atoms with Crippen molar-refractivity contribution in [3.63, 3.8) is 0 Å². The highest BCUT2D eigenvalue weighted by molar-refractivity contribution is 5.84. The molecule has 2 aliphatic heterocycles. The molecular weight excluding hydrogens is 296 g/mol. The lowest BCUT2D eigenvalue weighted by atomic mass is 10.1. The quantitative estimate of drug-likeness (QED) is 0.824. The lowest BCUT2D eigenvalue weighted by molar-refractivity contribution is -0.131. The minimum absolute atomic E-state index is 0.0153. The number of methoxy groups -OCH3 is 1. The molecule has 3 amide bonds. The Morgan fingerprint density at radius 2 is 2.26 bits per heavy atom. The van der Waals surface area contributed by atoms with Gasteiger partial charge in [-0.1, -0.05) is 12.1 Å². The maximum absolute atomic E-state index is 12.3. The summed E-state index contributed by atoms with van der Waals surface area (Å²) >= 11 is 0. The summed E-state index contributed by atoms with van der Waals surface area (Å²) in [6, 6.07) is 7.24. The predicted octanol–water partition coefficient (Wildman–Crippen LogP) is 0.0208. The maximum atomic E-state index is 12.3. The van der Waals surface area contributed by atoms with Gasteiger partial charge in [0.05, 0.1) is 7.11 Å². The van der Waals surface area contributed by atoms with Gasteiger partial charge in [-0.15, -0.1) is 0 Å². The molecule has 7 nitrogen and oxygen atoms in total. The third kappa shape index (κ3) is 3.56. The number of amides is 3. The van der Waals surface area contributed by atoms with E-state index >= 15 is 0 Å². The molecule has 2 saturated heterocycles. The summed E-state index contributed by atoms with van der Waals surface area (Å²) in [5, 5.41) is 5.77. The standard InChI is InChI=1S/C16H22N4O3/c1-23-13-4-2-3-12(9-13)10-18-16(22)20-8-7-19-6-5-17-15(21)14(19)11-20/h2-4,9,14H,5-8,10-11H2,1H3,(H,17,21)(H,18,22)/t14-/m0/s1. The molecule has 7 heteroatoms. The van der Waals surface area contributed by atoms with E-state index in [2.05, 4.69) is 15.5 Å². The van der Waals surface area contributed by atoms with Crippen LogP contribution < -0.4 is 15.4 Å². The largest absolute Gasteiger partial charge is 0.497 e. The molecule has 1 aromatic carbocycles. The number of nitrogens with zero attached hydrogens (tertiary/aromatic N) is 2. The number of fused-ring (bicyclic) bond motifs is 1. The molecule has 2 heterocycles. The van der Waals surface area contributed by atoms with Gasteiger partial charge in [-0.25, -0.2) is 4.79 Å². The van der Waals surface area contributed by atoms with Crippen molar-refractivity contribution in [1.82, 2.24) is 20.4 Å². The maximum Gasteiger partial charge on any atom is 0.317 e. The second-order valence-corrected chi connectivity index (χ2v) is 5.80. The molecule has 0 unspecified atom stereocenters. The summed E-state index contributed by atoms with van der Waals surface area (Å²) in [6.45, 7) is 3.81. The van der Waals surface area contributed by atoms with Crippen LogP contribution in [0.2, 0.25) is 0 Å². The van der Waals surface area contributed by atoms with E-state index in [1.54, 1.807) is 12.0 Å². The lowest BCUT2D eigenvalue weighted by Crippen LogP contribution is -2.65. The van der Waals surface area contributed by atoms with Gasteiger partial charge >= 0.3 is 6.03 Å². The van der Waals surface area contributed by atoms with Crippen LogP contribution in [0.5, 0.6) is 5.75 Å². The number of nitrogens with one attached hydrogen (secondary N) is 2. The lowest BCUT2D eigenvalue weighted by Gasteiger charge is -2.42. The summed E-state index contributed by atoms with van der Waals surface area (Å²) in [4.78, 5) is 28.1. The molecule has 3 rings (SSSR count). The van der Waals surface area contributed by atoms with Crippen molar-refractivity contribution in [3.05, 3.63) is 29.8 Å².